The lowest BCUT2D eigenvalue weighted by Gasteiger charge is -2.30. The summed E-state index contributed by atoms with van der Waals surface area (Å²) in [7, 11) is 1.74. The quantitative estimate of drug-likeness (QED) is 0.768. The average Bonchev–Trinajstić information content (AvgIpc) is 2.65. The van der Waals surface area contributed by atoms with Gasteiger partial charge in [0, 0.05) is 31.7 Å². The largest absolute Gasteiger partial charge is 0.345 e. The summed E-state index contributed by atoms with van der Waals surface area (Å²) < 4.78 is 0. The van der Waals surface area contributed by atoms with Crippen molar-refractivity contribution in [1.29, 1.82) is 0 Å². The zero-order chi connectivity index (χ0) is 20.9. The molecule has 5 nitrogen and oxygen atoms in total. The maximum Gasteiger partial charge on any atom is 0.239 e. The lowest BCUT2D eigenvalue weighted by atomic mass is 9.85. The Hall–Kier alpha value is -2.69. The third-order valence-electron chi connectivity index (χ3n) is 4.92. The zero-order valence-corrected chi connectivity index (χ0v) is 17.7. The molecule has 0 aliphatic carbocycles. The van der Waals surface area contributed by atoms with Crippen LogP contribution in [-0.2, 0) is 21.4 Å². The summed E-state index contributed by atoms with van der Waals surface area (Å²) in [6, 6.07) is 11.6. The molecule has 0 unspecified atom stereocenters. The molecule has 0 fully saturated rings. The molecule has 0 aliphatic heterocycles. The second kappa shape index (κ2) is 8.55. The summed E-state index contributed by atoms with van der Waals surface area (Å²) in [5, 5.41) is 2.97. The van der Waals surface area contributed by atoms with Crippen molar-refractivity contribution in [2.75, 3.05) is 18.9 Å². The van der Waals surface area contributed by atoms with Crippen molar-refractivity contribution >= 4 is 17.5 Å². The Morgan fingerprint density at radius 3 is 2.21 bits per heavy atom. The van der Waals surface area contributed by atoms with Crippen LogP contribution in [0.5, 0.6) is 0 Å². The van der Waals surface area contributed by atoms with Gasteiger partial charge >= 0.3 is 0 Å². The molecule has 1 aromatic carbocycles. The lowest BCUT2D eigenvalue weighted by Crippen LogP contribution is -2.46. The Balaban J connectivity index is 2.08. The highest BCUT2D eigenvalue weighted by Crippen LogP contribution is 2.31. The number of aromatic nitrogens is 1. The minimum absolute atomic E-state index is 0.112. The van der Waals surface area contributed by atoms with Crippen molar-refractivity contribution in [3.8, 4) is 0 Å². The maximum absolute atomic E-state index is 13.0. The van der Waals surface area contributed by atoms with Gasteiger partial charge in [-0.2, -0.15) is 0 Å². The highest BCUT2D eigenvalue weighted by atomic mass is 16.2. The van der Waals surface area contributed by atoms with Crippen molar-refractivity contribution in [2.45, 2.75) is 46.5 Å². The number of para-hydroxylation sites is 1. The van der Waals surface area contributed by atoms with E-state index < -0.39 is 5.41 Å². The second-order valence-electron chi connectivity index (χ2n) is 8.71. The molecule has 0 bridgehead atoms. The predicted molar refractivity (Wildman–Crippen MR) is 113 cm³/mol. The van der Waals surface area contributed by atoms with Crippen LogP contribution in [0.4, 0.5) is 5.69 Å². The van der Waals surface area contributed by atoms with Crippen LogP contribution in [0.25, 0.3) is 0 Å². The van der Waals surface area contributed by atoms with Crippen molar-refractivity contribution in [1.82, 2.24) is 9.88 Å². The number of nitrogens with one attached hydrogen (secondary N) is 1. The van der Waals surface area contributed by atoms with Gasteiger partial charge in [-0.1, -0.05) is 39.0 Å². The molecule has 150 valence electrons. The number of hydrogen-bond donors (Lipinski definition) is 1. The summed E-state index contributed by atoms with van der Waals surface area (Å²) in [6.07, 6.45) is 4.19. The van der Waals surface area contributed by atoms with Crippen LogP contribution in [0.15, 0.2) is 48.8 Å². The molecule has 1 heterocycles. The number of anilines is 1. The molecule has 2 aromatic rings. The Morgan fingerprint density at radius 2 is 1.61 bits per heavy atom. The molecule has 5 heteroatoms. The normalized spacial score (nSPS) is 11.8. The molecule has 2 amide bonds. The predicted octanol–water partition coefficient (Wildman–Crippen LogP) is 4.04. The van der Waals surface area contributed by atoms with Gasteiger partial charge in [0.1, 0.15) is 5.41 Å². The highest BCUT2D eigenvalue weighted by molar-refractivity contribution is 6.10. The molecule has 0 spiro atoms. The molecule has 0 radical (unpaired) electrons. The van der Waals surface area contributed by atoms with Crippen LogP contribution in [-0.4, -0.2) is 35.3 Å². The van der Waals surface area contributed by atoms with E-state index >= 15 is 0 Å². The summed E-state index contributed by atoms with van der Waals surface area (Å²) >= 11 is 0. The Bertz CT molecular complexity index is 823. The smallest absolute Gasteiger partial charge is 0.239 e. The first-order chi connectivity index (χ1) is 13.0. The number of benzene rings is 1. The molecule has 1 aromatic heterocycles. The fraction of sp³-hybridized carbons (Fsp3) is 0.435. The van der Waals surface area contributed by atoms with Gasteiger partial charge < -0.3 is 10.2 Å². The van der Waals surface area contributed by atoms with E-state index in [4.69, 9.17) is 0 Å². The number of nitrogens with zero attached hydrogens (tertiary/aromatic N) is 2. The van der Waals surface area contributed by atoms with E-state index in [2.05, 4.69) is 31.1 Å². The number of pyridine rings is 1. The zero-order valence-electron chi connectivity index (χ0n) is 17.7. The first kappa shape index (κ1) is 21.6. The van der Waals surface area contributed by atoms with Gasteiger partial charge in [-0.05, 0) is 55.0 Å². The van der Waals surface area contributed by atoms with Crippen LogP contribution in [0.2, 0.25) is 0 Å². The van der Waals surface area contributed by atoms with Crippen LogP contribution in [0.3, 0.4) is 0 Å². The minimum atomic E-state index is -1.17. The molecular weight excluding hydrogens is 350 g/mol. The number of rotatable bonds is 6. The van der Waals surface area contributed by atoms with E-state index in [-0.39, 0.29) is 17.2 Å². The molecule has 0 atom stereocenters. The fourth-order valence-corrected chi connectivity index (χ4v) is 3.05. The fourth-order valence-electron chi connectivity index (χ4n) is 3.05. The lowest BCUT2D eigenvalue weighted by molar-refractivity contribution is -0.145. The summed E-state index contributed by atoms with van der Waals surface area (Å²) in [4.78, 5) is 31.5. The monoisotopic (exact) mass is 381 g/mol. The number of carbonyl (C=O) groups is 2. The van der Waals surface area contributed by atoms with Gasteiger partial charge in [-0.15, -0.1) is 0 Å². The Labute approximate surface area is 168 Å². The molecule has 1 N–H and O–H groups in total. The van der Waals surface area contributed by atoms with E-state index in [0.29, 0.717) is 6.54 Å². The van der Waals surface area contributed by atoms with E-state index in [1.807, 2.05) is 36.4 Å². The number of carbonyl (C=O) groups excluding carboxylic acids is 2. The Morgan fingerprint density at radius 1 is 1.00 bits per heavy atom. The summed E-state index contributed by atoms with van der Waals surface area (Å²) in [6.45, 7) is 10.2. The molecule has 0 saturated carbocycles. The SMILES string of the molecule is CN(CCc1ccncc1)C(=O)C(C)(C)C(=O)Nc1ccccc1C(C)(C)C. The van der Waals surface area contributed by atoms with Crippen LogP contribution in [0.1, 0.15) is 45.7 Å². The van der Waals surface area contributed by atoms with E-state index in [0.717, 1.165) is 23.2 Å². The highest BCUT2D eigenvalue weighted by Gasteiger charge is 2.38. The number of hydrogen-bond acceptors (Lipinski definition) is 3. The van der Waals surface area contributed by atoms with Crippen LogP contribution in [0, 0.1) is 5.41 Å². The van der Waals surface area contributed by atoms with Crippen molar-refractivity contribution in [2.24, 2.45) is 5.41 Å². The number of likely N-dealkylation sites (N-methyl/N-ethyl adjacent to an activating group) is 1. The van der Waals surface area contributed by atoms with Crippen LogP contribution < -0.4 is 5.32 Å². The molecule has 0 aliphatic rings. The molecule has 0 saturated heterocycles. The third kappa shape index (κ3) is 5.18. The van der Waals surface area contributed by atoms with Gasteiger partial charge in [-0.25, -0.2) is 0 Å². The van der Waals surface area contributed by atoms with Crippen molar-refractivity contribution in [3.05, 3.63) is 59.9 Å². The first-order valence-electron chi connectivity index (χ1n) is 9.59. The second-order valence-corrected chi connectivity index (χ2v) is 8.71. The molecule has 2 rings (SSSR count). The first-order valence-corrected chi connectivity index (χ1v) is 9.59. The van der Waals surface area contributed by atoms with Gasteiger partial charge in [0.25, 0.3) is 0 Å². The van der Waals surface area contributed by atoms with Gasteiger partial charge in [0.15, 0.2) is 0 Å². The maximum atomic E-state index is 13.0. The van der Waals surface area contributed by atoms with Gasteiger partial charge in [0.2, 0.25) is 11.8 Å². The summed E-state index contributed by atoms with van der Waals surface area (Å²) in [5.74, 6) is -0.503. The Kier molecular flexibility index (Phi) is 6.60. The van der Waals surface area contributed by atoms with E-state index in [1.54, 1.807) is 38.2 Å². The number of amides is 2. The van der Waals surface area contributed by atoms with Crippen molar-refractivity contribution < 1.29 is 9.59 Å². The van der Waals surface area contributed by atoms with Gasteiger partial charge in [-0.3, -0.25) is 14.6 Å². The molecule has 28 heavy (non-hydrogen) atoms. The summed E-state index contributed by atoms with van der Waals surface area (Å²) in [5.41, 5.74) is 1.62. The average molecular weight is 382 g/mol. The van der Waals surface area contributed by atoms with E-state index in [9.17, 15) is 9.59 Å². The van der Waals surface area contributed by atoms with Gasteiger partial charge in [0.05, 0.1) is 0 Å². The minimum Gasteiger partial charge on any atom is -0.345 e. The van der Waals surface area contributed by atoms with Crippen LogP contribution >= 0.6 is 0 Å². The topological polar surface area (TPSA) is 62.3 Å². The van der Waals surface area contributed by atoms with E-state index in [1.165, 1.54) is 0 Å². The molecular formula is C23H31N3O2. The third-order valence-corrected chi connectivity index (χ3v) is 4.92. The van der Waals surface area contributed by atoms with Crippen molar-refractivity contribution in [3.63, 3.8) is 0 Å². The standard InChI is InChI=1S/C23H31N3O2/c1-22(2,3)18-9-7-8-10-19(18)25-20(27)23(4,5)21(28)26(6)16-13-17-11-14-24-15-12-17/h7-12,14-15H,13,16H2,1-6H3,(H,25,27).